The van der Waals surface area contributed by atoms with Crippen LogP contribution in [0, 0.1) is 3.57 Å². The van der Waals surface area contributed by atoms with Gasteiger partial charge in [-0.2, -0.15) is 18.3 Å². The van der Waals surface area contributed by atoms with Crippen molar-refractivity contribution in [3.63, 3.8) is 0 Å². The van der Waals surface area contributed by atoms with Crippen LogP contribution in [0.2, 0.25) is 0 Å². The van der Waals surface area contributed by atoms with E-state index in [1.807, 2.05) is 12.1 Å². The Hall–Kier alpha value is -1.58. The lowest BCUT2D eigenvalue weighted by atomic mass is 10.2. The van der Waals surface area contributed by atoms with Crippen LogP contribution >= 0.6 is 22.6 Å². The Kier molecular flexibility index (Phi) is 5.09. The van der Waals surface area contributed by atoms with Gasteiger partial charge in [-0.15, -0.1) is 0 Å². The second kappa shape index (κ2) is 6.67. The first kappa shape index (κ1) is 16.8. The largest absolute Gasteiger partial charge is 0.435 e. The molecule has 0 radical (unpaired) electrons. The maximum atomic E-state index is 12.5. The summed E-state index contributed by atoms with van der Waals surface area (Å²) in [7, 11) is 0. The summed E-state index contributed by atoms with van der Waals surface area (Å²) in [5.74, 6) is -0.263. The van der Waals surface area contributed by atoms with E-state index in [1.54, 1.807) is 19.1 Å². The lowest BCUT2D eigenvalue weighted by Gasteiger charge is -2.14. The third-order valence-electron chi connectivity index (χ3n) is 2.89. The fraction of sp³-hybridized carbons (Fsp3) is 0.286. The predicted octanol–water partition coefficient (Wildman–Crippen LogP) is 3.33. The molecule has 1 aromatic heterocycles. The molecule has 1 atom stereocenters. The Morgan fingerprint density at radius 3 is 2.64 bits per heavy atom. The Morgan fingerprint density at radius 2 is 2.05 bits per heavy atom. The Morgan fingerprint density at radius 1 is 1.36 bits per heavy atom. The zero-order valence-corrected chi connectivity index (χ0v) is 13.7. The van der Waals surface area contributed by atoms with Crippen LogP contribution < -0.4 is 5.32 Å². The fourth-order valence-corrected chi connectivity index (χ4v) is 2.52. The van der Waals surface area contributed by atoms with E-state index in [1.165, 1.54) is 10.9 Å². The number of benzene rings is 1. The van der Waals surface area contributed by atoms with Crippen LogP contribution in [-0.4, -0.2) is 21.7 Å². The minimum absolute atomic E-state index is 0.158. The Labute approximate surface area is 138 Å². The molecule has 2 aromatic rings. The van der Waals surface area contributed by atoms with Crippen LogP contribution in [-0.2, 0) is 12.7 Å². The van der Waals surface area contributed by atoms with E-state index in [2.05, 4.69) is 33.0 Å². The molecule has 0 fully saturated rings. The van der Waals surface area contributed by atoms with Gasteiger partial charge in [-0.25, -0.2) is 0 Å². The zero-order chi connectivity index (χ0) is 16.3. The predicted molar refractivity (Wildman–Crippen MR) is 83.3 cm³/mol. The molecular formula is C14H13F3IN3O. The van der Waals surface area contributed by atoms with Gasteiger partial charge in [0.1, 0.15) is 0 Å². The normalized spacial score (nSPS) is 13.0. The third kappa shape index (κ3) is 4.21. The maximum absolute atomic E-state index is 12.5. The van der Waals surface area contributed by atoms with Gasteiger partial charge in [0.2, 0.25) is 0 Å². The van der Waals surface area contributed by atoms with Crippen molar-refractivity contribution in [3.8, 4) is 0 Å². The molecule has 0 saturated heterocycles. The molecule has 0 aliphatic rings. The molecule has 22 heavy (non-hydrogen) atoms. The summed E-state index contributed by atoms with van der Waals surface area (Å²) in [6.07, 6.45) is -3.21. The molecule has 0 saturated carbocycles. The Balaban J connectivity index is 1.98. The van der Waals surface area contributed by atoms with Gasteiger partial charge in [-0.1, -0.05) is 12.1 Å². The molecule has 2 rings (SSSR count). The second-order valence-corrected chi connectivity index (χ2v) is 5.94. The topological polar surface area (TPSA) is 46.9 Å². The van der Waals surface area contributed by atoms with Crippen LogP contribution in [0.3, 0.4) is 0 Å². The van der Waals surface area contributed by atoms with Gasteiger partial charge in [0.15, 0.2) is 5.69 Å². The Bertz CT molecular complexity index is 669. The van der Waals surface area contributed by atoms with E-state index in [0.717, 1.165) is 9.64 Å². The summed E-state index contributed by atoms with van der Waals surface area (Å²) in [5.41, 5.74) is -0.407. The molecule has 0 aliphatic carbocycles. The number of carbonyl (C=O) groups is 1. The van der Waals surface area contributed by atoms with Gasteiger partial charge in [-0.05, 0) is 47.7 Å². The molecule has 0 bridgehead atoms. The standard InChI is InChI=1S/C14H13F3IN3O/c1-9(8-21-7-6-12(20-21)14(15,16)17)19-13(22)10-4-2-3-5-11(10)18/h2-7,9H,8H2,1H3,(H,19,22)/t9-/m0/s1. The van der Waals surface area contributed by atoms with Crippen molar-refractivity contribution in [1.82, 2.24) is 15.1 Å². The van der Waals surface area contributed by atoms with Crippen LogP contribution in [0.25, 0.3) is 0 Å². The van der Waals surface area contributed by atoms with Gasteiger partial charge < -0.3 is 5.32 Å². The number of nitrogens with zero attached hydrogens (tertiary/aromatic N) is 2. The van der Waals surface area contributed by atoms with Crippen molar-refractivity contribution < 1.29 is 18.0 Å². The summed E-state index contributed by atoms with van der Waals surface area (Å²) in [4.78, 5) is 12.1. The zero-order valence-electron chi connectivity index (χ0n) is 11.6. The maximum Gasteiger partial charge on any atom is 0.435 e. The first-order chi connectivity index (χ1) is 10.3. The second-order valence-electron chi connectivity index (χ2n) is 4.78. The molecule has 1 amide bonds. The number of aromatic nitrogens is 2. The molecule has 0 aliphatic heterocycles. The number of carbonyl (C=O) groups excluding carboxylic acids is 1. The van der Waals surface area contributed by atoms with E-state index in [4.69, 9.17) is 0 Å². The number of halogens is 4. The third-order valence-corrected chi connectivity index (χ3v) is 3.83. The first-order valence-corrected chi connectivity index (χ1v) is 7.51. The first-order valence-electron chi connectivity index (χ1n) is 6.43. The SMILES string of the molecule is C[C@@H](Cn1ccc(C(F)(F)F)n1)NC(=O)c1ccccc1I. The van der Waals surface area contributed by atoms with E-state index in [9.17, 15) is 18.0 Å². The highest BCUT2D eigenvalue weighted by atomic mass is 127. The minimum atomic E-state index is -4.46. The van der Waals surface area contributed by atoms with Crippen LogP contribution in [0.15, 0.2) is 36.5 Å². The molecule has 1 heterocycles. The van der Waals surface area contributed by atoms with E-state index in [0.29, 0.717) is 5.56 Å². The lowest BCUT2D eigenvalue weighted by molar-refractivity contribution is -0.141. The van der Waals surface area contributed by atoms with Crippen molar-refractivity contribution in [3.05, 3.63) is 51.4 Å². The van der Waals surface area contributed by atoms with Crippen LogP contribution in [0.5, 0.6) is 0 Å². The molecule has 0 unspecified atom stereocenters. The average molecular weight is 423 g/mol. The molecular weight excluding hydrogens is 410 g/mol. The van der Waals surface area contributed by atoms with Gasteiger partial charge in [0.05, 0.1) is 12.1 Å². The highest BCUT2D eigenvalue weighted by Gasteiger charge is 2.33. The number of hydrogen-bond donors (Lipinski definition) is 1. The highest BCUT2D eigenvalue weighted by molar-refractivity contribution is 14.1. The highest BCUT2D eigenvalue weighted by Crippen LogP contribution is 2.27. The number of nitrogens with one attached hydrogen (secondary N) is 1. The van der Waals surface area contributed by atoms with Crippen molar-refractivity contribution in [1.29, 1.82) is 0 Å². The van der Waals surface area contributed by atoms with Crippen molar-refractivity contribution >= 4 is 28.5 Å². The summed E-state index contributed by atoms with van der Waals surface area (Å²) in [5, 5.41) is 6.21. The summed E-state index contributed by atoms with van der Waals surface area (Å²) < 4.78 is 39.4. The lowest BCUT2D eigenvalue weighted by Crippen LogP contribution is -2.36. The monoisotopic (exact) mass is 423 g/mol. The van der Waals surface area contributed by atoms with Crippen molar-refractivity contribution in [2.24, 2.45) is 0 Å². The number of alkyl halides is 3. The van der Waals surface area contributed by atoms with Crippen LogP contribution in [0.1, 0.15) is 23.0 Å². The van der Waals surface area contributed by atoms with E-state index < -0.39 is 11.9 Å². The minimum Gasteiger partial charge on any atom is -0.348 e. The molecule has 8 heteroatoms. The quantitative estimate of drug-likeness (QED) is 0.768. The summed E-state index contributed by atoms with van der Waals surface area (Å²) >= 11 is 2.05. The average Bonchev–Trinajstić information content (AvgIpc) is 2.87. The molecule has 1 aromatic carbocycles. The van der Waals surface area contributed by atoms with Crippen molar-refractivity contribution in [2.75, 3.05) is 0 Å². The van der Waals surface area contributed by atoms with Crippen LogP contribution in [0.4, 0.5) is 13.2 Å². The summed E-state index contributed by atoms with van der Waals surface area (Å²) in [6, 6.07) is 7.64. The van der Waals surface area contributed by atoms with E-state index >= 15 is 0 Å². The van der Waals surface area contributed by atoms with Gasteiger partial charge in [-0.3, -0.25) is 9.48 Å². The van der Waals surface area contributed by atoms with Gasteiger partial charge >= 0.3 is 6.18 Å². The molecule has 1 N–H and O–H groups in total. The fourth-order valence-electron chi connectivity index (χ4n) is 1.89. The molecule has 4 nitrogen and oxygen atoms in total. The van der Waals surface area contributed by atoms with Gasteiger partial charge in [0, 0.05) is 15.8 Å². The molecule has 118 valence electrons. The number of amides is 1. The smallest absolute Gasteiger partial charge is 0.348 e. The van der Waals surface area contributed by atoms with Gasteiger partial charge in [0.25, 0.3) is 5.91 Å². The number of rotatable bonds is 4. The van der Waals surface area contributed by atoms with Crippen molar-refractivity contribution in [2.45, 2.75) is 25.7 Å². The summed E-state index contributed by atoms with van der Waals surface area (Å²) in [6.45, 7) is 1.87. The molecule has 0 spiro atoms. The number of hydrogen-bond acceptors (Lipinski definition) is 2. The van der Waals surface area contributed by atoms with E-state index in [-0.39, 0.29) is 18.5 Å².